The van der Waals surface area contributed by atoms with E-state index < -0.39 is 0 Å². The molecule has 0 aliphatic rings. The topological polar surface area (TPSA) is 85.2 Å². The quantitative estimate of drug-likeness (QED) is 0.765. The van der Waals surface area contributed by atoms with Crippen LogP contribution in [-0.2, 0) is 13.1 Å². The molecule has 0 spiro atoms. The molecule has 0 aliphatic heterocycles. The molecule has 88 valence electrons. The first-order chi connectivity index (χ1) is 8.24. The van der Waals surface area contributed by atoms with E-state index in [1.807, 2.05) is 17.6 Å². The summed E-state index contributed by atoms with van der Waals surface area (Å²) in [4.78, 5) is 3.85. The van der Waals surface area contributed by atoms with Crippen LogP contribution >= 0.6 is 0 Å². The second kappa shape index (κ2) is 4.74. The number of nitriles is 1. The number of rotatable bonds is 4. The lowest BCUT2D eigenvalue weighted by Crippen LogP contribution is -2.10. The minimum Gasteiger partial charge on any atom is -0.314 e. The molecule has 0 N–H and O–H groups in total. The van der Waals surface area contributed by atoms with E-state index in [1.54, 1.807) is 4.68 Å². The third-order valence-electron chi connectivity index (χ3n) is 2.40. The third-order valence-corrected chi connectivity index (χ3v) is 2.40. The zero-order valence-electron chi connectivity index (χ0n) is 9.83. The monoisotopic (exact) mass is 231 g/mol. The molecule has 7 heteroatoms. The summed E-state index contributed by atoms with van der Waals surface area (Å²) < 4.78 is 3.64. The summed E-state index contributed by atoms with van der Waals surface area (Å²) >= 11 is 0. The number of aryl methyl sites for hydroxylation is 1. The highest BCUT2D eigenvalue weighted by atomic mass is 15.4. The summed E-state index contributed by atoms with van der Waals surface area (Å²) in [5, 5.41) is 20.8. The average Bonchev–Trinajstić information content (AvgIpc) is 2.91. The van der Waals surface area contributed by atoms with Gasteiger partial charge in [-0.3, -0.25) is 0 Å². The summed E-state index contributed by atoms with van der Waals surface area (Å²) in [7, 11) is 0. The smallest absolute Gasteiger partial charge is 0.252 e. The van der Waals surface area contributed by atoms with Crippen molar-refractivity contribution in [2.24, 2.45) is 0 Å². The minimum absolute atomic E-state index is 0.170. The summed E-state index contributed by atoms with van der Waals surface area (Å²) in [6.07, 6.45) is 2.55. The Hall–Kier alpha value is -2.23. The van der Waals surface area contributed by atoms with Crippen molar-refractivity contribution in [1.82, 2.24) is 29.5 Å². The highest BCUT2D eigenvalue weighted by Crippen LogP contribution is 2.04. The maximum Gasteiger partial charge on any atom is 0.252 e. The van der Waals surface area contributed by atoms with Crippen LogP contribution in [0.3, 0.4) is 0 Å². The predicted octanol–water partition coefficient (Wildman–Crippen LogP) is 0.508. The number of hydrogen-bond donors (Lipinski definition) is 0. The summed E-state index contributed by atoms with van der Waals surface area (Å²) in [6, 6.07) is 1.89. The molecule has 0 aromatic carbocycles. The average molecular weight is 231 g/mol. The van der Waals surface area contributed by atoms with Crippen LogP contribution < -0.4 is 0 Å². The molecule has 0 saturated carbocycles. The van der Waals surface area contributed by atoms with Crippen LogP contribution in [0.15, 0.2) is 6.33 Å². The Labute approximate surface area is 98.7 Å². The second-order valence-corrected chi connectivity index (χ2v) is 3.69. The van der Waals surface area contributed by atoms with Crippen LogP contribution in [0.2, 0.25) is 0 Å². The Kier molecular flexibility index (Phi) is 3.14. The Morgan fingerprint density at radius 3 is 2.88 bits per heavy atom. The first kappa shape index (κ1) is 11.3. The fourth-order valence-corrected chi connectivity index (χ4v) is 1.62. The van der Waals surface area contributed by atoms with E-state index in [-0.39, 0.29) is 5.82 Å². The van der Waals surface area contributed by atoms with E-state index in [9.17, 15) is 0 Å². The van der Waals surface area contributed by atoms with Crippen LogP contribution in [0.1, 0.15) is 30.8 Å². The lowest BCUT2D eigenvalue weighted by atomic mass is 10.4. The van der Waals surface area contributed by atoms with Gasteiger partial charge < -0.3 is 4.57 Å². The molecule has 0 saturated heterocycles. The van der Waals surface area contributed by atoms with E-state index >= 15 is 0 Å². The Morgan fingerprint density at radius 1 is 1.41 bits per heavy atom. The van der Waals surface area contributed by atoms with Gasteiger partial charge in [0.15, 0.2) is 5.82 Å². The van der Waals surface area contributed by atoms with Crippen LogP contribution in [0, 0.1) is 18.3 Å². The maximum absolute atomic E-state index is 8.64. The van der Waals surface area contributed by atoms with Gasteiger partial charge in [0, 0.05) is 6.54 Å². The van der Waals surface area contributed by atoms with E-state index in [1.165, 1.54) is 6.33 Å². The normalized spacial score (nSPS) is 10.4. The van der Waals surface area contributed by atoms with Gasteiger partial charge in [0.2, 0.25) is 0 Å². The minimum atomic E-state index is 0.170. The first-order valence-corrected chi connectivity index (χ1v) is 5.42. The lowest BCUT2D eigenvalue weighted by molar-refractivity contribution is 0.574. The van der Waals surface area contributed by atoms with Crippen molar-refractivity contribution >= 4 is 0 Å². The molecule has 0 bridgehead atoms. The summed E-state index contributed by atoms with van der Waals surface area (Å²) in [5.41, 5.74) is 0. The number of aromatic nitrogens is 6. The fraction of sp³-hybridized carbons (Fsp3) is 0.500. The van der Waals surface area contributed by atoms with Crippen LogP contribution in [0.5, 0.6) is 0 Å². The van der Waals surface area contributed by atoms with E-state index in [2.05, 4.69) is 27.2 Å². The molecule has 2 rings (SSSR count). The lowest BCUT2D eigenvalue weighted by Gasteiger charge is -2.06. The van der Waals surface area contributed by atoms with Gasteiger partial charge in [-0.25, -0.2) is 9.67 Å². The van der Waals surface area contributed by atoms with E-state index in [0.717, 1.165) is 24.6 Å². The predicted molar refractivity (Wildman–Crippen MR) is 58.9 cm³/mol. The molecule has 0 atom stereocenters. The van der Waals surface area contributed by atoms with Gasteiger partial charge in [0.05, 0.1) is 0 Å². The zero-order chi connectivity index (χ0) is 12.3. The molecule has 2 aromatic rings. The van der Waals surface area contributed by atoms with Gasteiger partial charge in [0.1, 0.15) is 24.8 Å². The highest BCUT2D eigenvalue weighted by Gasteiger charge is 2.09. The van der Waals surface area contributed by atoms with Crippen molar-refractivity contribution in [1.29, 1.82) is 5.26 Å². The zero-order valence-corrected chi connectivity index (χ0v) is 9.83. The fourth-order valence-electron chi connectivity index (χ4n) is 1.62. The van der Waals surface area contributed by atoms with Gasteiger partial charge in [-0.15, -0.1) is 15.3 Å². The van der Waals surface area contributed by atoms with Gasteiger partial charge in [-0.05, 0) is 13.3 Å². The maximum atomic E-state index is 8.64. The number of nitrogens with zero attached hydrogens (tertiary/aromatic N) is 7. The molecule has 0 aliphatic carbocycles. The molecule has 0 amide bonds. The Bertz CT molecular complexity index is 545. The highest BCUT2D eigenvalue weighted by molar-refractivity contribution is 5.06. The van der Waals surface area contributed by atoms with Gasteiger partial charge in [-0.2, -0.15) is 5.26 Å². The standard InChI is InChI=1S/C10H13N7/c1-3-4-17-8(2)13-14-10(17)6-16-7-12-9(5-11)15-16/h7H,3-4,6H2,1-2H3. The first-order valence-electron chi connectivity index (χ1n) is 5.42. The summed E-state index contributed by atoms with van der Waals surface area (Å²) in [5.74, 6) is 1.89. The SMILES string of the molecule is CCCn1c(C)nnc1Cn1cnc(C#N)n1. The van der Waals surface area contributed by atoms with Crippen molar-refractivity contribution in [2.75, 3.05) is 0 Å². The Balaban J connectivity index is 2.21. The Morgan fingerprint density at radius 2 is 2.24 bits per heavy atom. The second-order valence-electron chi connectivity index (χ2n) is 3.69. The van der Waals surface area contributed by atoms with Gasteiger partial charge in [0.25, 0.3) is 5.82 Å². The molecule has 7 nitrogen and oxygen atoms in total. The molecular formula is C10H13N7. The van der Waals surface area contributed by atoms with E-state index in [4.69, 9.17) is 5.26 Å². The molecular weight excluding hydrogens is 218 g/mol. The van der Waals surface area contributed by atoms with Crippen LogP contribution in [-0.4, -0.2) is 29.5 Å². The van der Waals surface area contributed by atoms with Crippen LogP contribution in [0.4, 0.5) is 0 Å². The molecule has 2 aromatic heterocycles. The van der Waals surface area contributed by atoms with Crippen molar-refractivity contribution in [3.05, 3.63) is 23.8 Å². The molecule has 0 unspecified atom stereocenters. The molecule has 0 fully saturated rings. The van der Waals surface area contributed by atoms with Gasteiger partial charge in [-0.1, -0.05) is 6.92 Å². The molecule has 2 heterocycles. The van der Waals surface area contributed by atoms with Gasteiger partial charge >= 0.3 is 0 Å². The number of hydrogen-bond acceptors (Lipinski definition) is 5. The van der Waals surface area contributed by atoms with Crippen molar-refractivity contribution in [2.45, 2.75) is 33.4 Å². The molecule has 17 heavy (non-hydrogen) atoms. The largest absolute Gasteiger partial charge is 0.314 e. The molecule has 0 radical (unpaired) electrons. The third kappa shape index (κ3) is 2.30. The van der Waals surface area contributed by atoms with Crippen molar-refractivity contribution in [3.63, 3.8) is 0 Å². The summed E-state index contributed by atoms with van der Waals surface area (Å²) in [6.45, 7) is 5.39. The van der Waals surface area contributed by atoms with Crippen molar-refractivity contribution in [3.8, 4) is 6.07 Å². The van der Waals surface area contributed by atoms with E-state index in [0.29, 0.717) is 6.54 Å². The van der Waals surface area contributed by atoms with Crippen molar-refractivity contribution < 1.29 is 0 Å². The van der Waals surface area contributed by atoms with Crippen LogP contribution in [0.25, 0.3) is 0 Å².